The number of ether oxygens (including phenoxy) is 2. The first-order chi connectivity index (χ1) is 15.2. The van der Waals surface area contributed by atoms with Crippen molar-refractivity contribution in [3.63, 3.8) is 0 Å². The van der Waals surface area contributed by atoms with Gasteiger partial charge in [0.15, 0.2) is 0 Å². The third kappa shape index (κ3) is 9.28. The van der Waals surface area contributed by atoms with Gasteiger partial charge in [0.25, 0.3) is 0 Å². The number of hydrogen-bond acceptors (Lipinski definition) is 5. The van der Waals surface area contributed by atoms with Crippen LogP contribution in [0.2, 0.25) is 0 Å². The van der Waals surface area contributed by atoms with E-state index < -0.39 is 23.7 Å². The van der Waals surface area contributed by atoms with Crippen LogP contribution >= 0.6 is 0 Å². The minimum atomic E-state index is -0.844. The van der Waals surface area contributed by atoms with E-state index in [1.54, 1.807) is 20.8 Å². The Morgan fingerprint density at radius 1 is 1.09 bits per heavy atom. The van der Waals surface area contributed by atoms with Crippen LogP contribution in [0.5, 0.6) is 0 Å². The lowest BCUT2D eigenvalue weighted by Gasteiger charge is -2.30. The number of methoxy groups -OCH3 is 1. The molecule has 0 radical (unpaired) electrons. The van der Waals surface area contributed by atoms with Crippen LogP contribution in [0.25, 0.3) is 0 Å². The van der Waals surface area contributed by atoms with E-state index in [1.165, 1.54) is 31.3 Å². The van der Waals surface area contributed by atoms with Crippen LogP contribution in [0.1, 0.15) is 64.9 Å². The number of esters is 1. The Bertz CT molecular complexity index is 738. The van der Waals surface area contributed by atoms with Crippen LogP contribution in [0, 0.1) is 5.92 Å². The smallest absolute Gasteiger partial charge is 0.408 e. The molecule has 2 rings (SSSR count). The number of carbonyl (C=O) groups excluding carboxylic acids is 3. The Kier molecular flexibility index (Phi) is 10.0. The minimum absolute atomic E-state index is 0.136. The van der Waals surface area contributed by atoms with E-state index in [1.807, 2.05) is 30.3 Å². The molecule has 0 aromatic heterocycles. The van der Waals surface area contributed by atoms with Crippen molar-refractivity contribution >= 4 is 18.0 Å². The van der Waals surface area contributed by atoms with Crippen LogP contribution in [0.3, 0.4) is 0 Å². The molecule has 2 amide bonds. The van der Waals surface area contributed by atoms with Gasteiger partial charge < -0.3 is 19.7 Å². The number of carbonyl (C=O) groups is 3. The number of rotatable bonds is 9. The zero-order chi connectivity index (χ0) is 23.6. The Morgan fingerprint density at radius 2 is 1.75 bits per heavy atom. The SMILES string of the molecule is COC(=O)CN(CCC1CCCCC1)C(=O)[C@H](Cc1ccccc1)NC(=O)OC(C)(C)C. The van der Waals surface area contributed by atoms with Gasteiger partial charge in [-0.3, -0.25) is 9.59 Å². The van der Waals surface area contributed by atoms with Crippen molar-refractivity contribution in [3.8, 4) is 0 Å². The zero-order valence-electron chi connectivity index (χ0n) is 19.9. The molecule has 1 N–H and O–H groups in total. The topological polar surface area (TPSA) is 84.9 Å². The third-order valence-electron chi connectivity index (χ3n) is 5.66. The number of nitrogens with one attached hydrogen (secondary N) is 1. The summed E-state index contributed by atoms with van der Waals surface area (Å²) >= 11 is 0. The molecule has 0 bridgehead atoms. The van der Waals surface area contributed by atoms with E-state index in [0.717, 1.165) is 24.8 Å². The Balaban J connectivity index is 2.16. The Labute approximate surface area is 191 Å². The second kappa shape index (κ2) is 12.5. The van der Waals surface area contributed by atoms with E-state index in [2.05, 4.69) is 5.32 Å². The predicted molar refractivity (Wildman–Crippen MR) is 123 cm³/mol. The van der Waals surface area contributed by atoms with Gasteiger partial charge in [-0.15, -0.1) is 0 Å². The van der Waals surface area contributed by atoms with Crippen LogP contribution in [0.4, 0.5) is 4.79 Å². The maximum Gasteiger partial charge on any atom is 0.408 e. The molecule has 1 aromatic carbocycles. The van der Waals surface area contributed by atoms with Crippen LogP contribution < -0.4 is 5.32 Å². The van der Waals surface area contributed by atoms with Gasteiger partial charge in [0, 0.05) is 13.0 Å². The Morgan fingerprint density at radius 3 is 2.34 bits per heavy atom. The van der Waals surface area contributed by atoms with Crippen molar-refractivity contribution in [1.29, 1.82) is 0 Å². The molecule has 0 aliphatic heterocycles. The van der Waals surface area contributed by atoms with E-state index in [-0.39, 0.29) is 12.5 Å². The average molecular weight is 447 g/mol. The summed E-state index contributed by atoms with van der Waals surface area (Å²) in [7, 11) is 1.31. The number of benzene rings is 1. The fourth-order valence-electron chi connectivity index (χ4n) is 4.02. The fraction of sp³-hybridized carbons (Fsp3) is 0.640. The second-order valence-electron chi connectivity index (χ2n) is 9.52. The highest BCUT2D eigenvalue weighted by atomic mass is 16.6. The third-order valence-corrected chi connectivity index (χ3v) is 5.66. The first kappa shape index (κ1) is 25.7. The molecule has 7 heteroatoms. The molecule has 1 aliphatic rings. The quantitative estimate of drug-likeness (QED) is 0.578. The van der Waals surface area contributed by atoms with Gasteiger partial charge in [-0.2, -0.15) is 0 Å². The predicted octanol–water partition coefficient (Wildman–Crippen LogP) is 4.09. The summed E-state index contributed by atoms with van der Waals surface area (Å²) in [6.45, 7) is 5.64. The van der Waals surface area contributed by atoms with Gasteiger partial charge in [0.05, 0.1) is 7.11 Å². The minimum Gasteiger partial charge on any atom is -0.468 e. The van der Waals surface area contributed by atoms with Crippen molar-refractivity contribution in [1.82, 2.24) is 10.2 Å². The summed E-state index contributed by atoms with van der Waals surface area (Å²) in [6.07, 6.45) is 6.50. The molecular weight excluding hydrogens is 408 g/mol. The molecular formula is C25H38N2O5. The molecule has 1 atom stereocenters. The number of hydrogen-bond donors (Lipinski definition) is 1. The van der Waals surface area contributed by atoms with Crippen molar-refractivity contribution in [2.75, 3.05) is 20.2 Å². The number of amides is 2. The molecule has 0 spiro atoms. The lowest BCUT2D eigenvalue weighted by molar-refractivity contribution is -0.147. The highest BCUT2D eigenvalue weighted by Crippen LogP contribution is 2.26. The molecule has 0 heterocycles. The molecule has 178 valence electrons. The highest BCUT2D eigenvalue weighted by Gasteiger charge is 2.30. The van der Waals surface area contributed by atoms with E-state index >= 15 is 0 Å². The van der Waals surface area contributed by atoms with Gasteiger partial charge >= 0.3 is 12.1 Å². The highest BCUT2D eigenvalue weighted by molar-refractivity contribution is 5.88. The monoisotopic (exact) mass is 446 g/mol. The molecule has 0 unspecified atom stereocenters. The molecule has 1 saturated carbocycles. The molecule has 1 aliphatic carbocycles. The lowest BCUT2D eigenvalue weighted by Crippen LogP contribution is -2.52. The summed E-state index contributed by atoms with van der Waals surface area (Å²) in [5.41, 5.74) is 0.226. The summed E-state index contributed by atoms with van der Waals surface area (Å²) in [5.74, 6) is -0.221. The zero-order valence-corrected chi connectivity index (χ0v) is 19.9. The van der Waals surface area contributed by atoms with Crippen LogP contribution in [0.15, 0.2) is 30.3 Å². The van der Waals surface area contributed by atoms with E-state index in [9.17, 15) is 14.4 Å². The van der Waals surface area contributed by atoms with Gasteiger partial charge in [-0.25, -0.2) is 4.79 Å². The van der Waals surface area contributed by atoms with Crippen LogP contribution in [-0.2, 0) is 25.5 Å². The first-order valence-electron chi connectivity index (χ1n) is 11.6. The standard InChI is InChI=1S/C25H38N2O5/c1-25(2,3)32-24(30)26-21(17-20-13-9-6-10-14-20)23(29)27(18-22(28)31-4)16-15-19-11-7-5-8-12-19/h6,9-10,13-14,19,21H,5,7-8,11-12,15-18H2,1-4H3,(H,26,30)/t21-/m0/s1. The second-order valence-corrected chi connectivity index (χ2v) is 9.52. The van der Waals surface area contributed by atoms with Gasteiger partial charge in [-0.1, -0.05) is 62.4 Å². The van der Waals surface area contributed by atoms with Gasteiger partial charge in [0.1, 0.15) is 18.2 Å². The van der Waals surface area contributed by atoms with E-state index in [0.29, 0.717) is 18.9 Å². The van der Waals surface area contributed by atoms with Gasteiger partial charge in [-0.05, 0) is 38.7 Å². The van der Waals surface area contributed by atoms with Crippen molar-refractivity contribution in [2.45, 2.75) is 77.4 Å². The maximum absolute atomic E-state index is 13.5. The maximum atomic E-state index is 13.5. The van der Waals surface area contributed by atoms with E-state index in [4.69, 9.17) is 9.47 Å². The Hall–Kier alpha value is -2.57. The molecule has 1 aromatic rings. The normalized spacial score (nSPS) is 15.5. The fourth-order valence-corrected chi connectivity index (χ4v) is 4.02. The summed E-state index contributed by atoms with van der Waals surface area (Å²) < 4.78 is 10.2. The van der Waals surface area contributed by atoms with Crippen molar-refractivity contribution in [2.24, 2.45) is 5.92 Å². The molecule has 32 heavy (non-hydrogen) atoms. The molecule has 0 saturated heterocycles. The number of alkyl carbamates (subject to hydrolysis) is 1. The molecule has 7 nitrogen and oxygen atoms in total. The summed E-state index contributed by atoms with van der Waals surface area (Å²) in [4.78, 5) is 39.6. The summed E-state index contributed by atoms with van der Waals surface area (Å²) in [6, 6.07) is 8.64. The van der Waals surface area contributed by atoms with Gasteiger partial charge in [0.2, 0.25) is 5.91 Å². The first-order valence-corrected chi connectivity index (χ1v) is 11.6. The summed E-state index contributed by atoms with van der Waals surface area (Å²) in [5, 5.41) is 2.73. The largest absolute Gasteiger partial charge is 0.468 e. The number of nitrogens with zero attached hydrogens (tertiary/aromatic N) is 1. The van der Waals surface area contributed by atoms with Crippen LogP contribution in [-0.4, -0.2) is 54.7 Å². The average Bonchev–Trinajstić information content (AvgIpc) is 2.75. The lowest BCUT2D eigenvalue weighted by atomic mass is 9.87. The molecule has 1 fully saturated rings. The van der Waals surface area contributed by atoms with Crippen molar-refractivity contribution < 1.29 is 23.9 Å². The van der Waals surface area contributed by atoms with Crippen molar-refractivity contribution in [3.05, 3.63) is 35.9 Å².